The Morgan fingerprint density at radius 3 is 2.26 bits per heavy atom. The molecule has 0 spiro atoms. The van der Waals surface area contributed by atoms with Crippen LogP contribution in [0.25, 0.3) is 11.1 Å². The molecule has 0 bridgehead atoms. The van der Waals surface area contributed by atoms with Crippen LogP contribution in [0.3, 0.4) is 0 Å². The maximum absolute atomic E-state index is 12.5. The van der Waals surface area contributed by atoms with E-state index in [4.69, 9.17) is 0 Å². The zero-order valence-corrected chi connectivity index (χ0v) is 16.2. The molecule has 0 saturated carbocycles. The van der Waals surface area contributed by atoms with Gasteiger partial charge in [-0.15, -0.1) is 0 Å². The minimum Gasteiger partial charge on any atom is -0.359 e. The van der Waals surface area contributed by atoms with Crippen LogP contribution >= 0.6 is 0 Å². The van der Waals surface area contributed by atoms with Crippen molar-refractivity contribution in [1.29, 1.82) is 0 Å². The van der Waals surface area contributed by atoms with E-state index in [9.17, 15) is 9.59 Å². The van der Waals surface area contributed by atoms with Gasteiger partial charge in [-0.2, -0.15) is 0 Å². The number of aryl methyl sites for hydroxylation is 1. The molecule has 1 fully saturated rings. The summed E-state index contributed by atoms with van der Waals surface area (Å²) in [6.07, 6.45) is 1.35. The van der Waals surface area contributed by atoms with Crippen LogP contribution in [0.15, 0.2) is 48.5 Å². The smallest absolute Gasteiger partial charge is 0.321 e. The second-order valence-electron chi connectivity index (χ2n) is 7.50. The molecule has 3 rings (SSSR count). The average Bonchev–Trinajstić information content (AvgIpc) is 2.68. The number of piperidine rings is 1. The third-order valence-electron chi connectivity index (χ3n) is 5.42. The summed E-state index contributed by atoms with van der Waals surface area (Å²) < 4.78 is 0. The molecular weight excluding hydrogens is 338 g/mol. The second-order valence-corrected chi connectivity index (χ2v) is 7.50. The molecule has 1 saturated heterocycles. The third kappa shape index (κ3) is 4.30. The molecule has 5 nitrogen and oxygen atoms in total. The molecule has 142 valence electrons. The van der Waals surface area contributed by atoms with Crippen LogP contribution in [0.2, 0.25) is 0 Å². The Balaban J connectivity index is 1.59. The Labute approximate surface area is 160 Å². The van der Waals surface area contributed by atoms with Crippen LogP contribution in [-0.4, -0.2) is 37.0 Å². The number of likely N-dealkylation sites (tertiary alicyclic amines) is 1. The lowest BCUT2D eigenvalue weighted by Crippen LogP contribution is -2.49. The van der Waals surface area contributed by atoms with E-state index in [-0.39, 0.29) is 17.4 Å². The number of urea groups is 1. The third-order valence-corrected chi connectivity index (χ3v) is 5.42. The molecule has 2 N–H and O–H groups in total. The highest BCUT2D eigenvalue weighted by atomic mass is 16.2. The number of benzene rings is 2. The number of anilines is 1. The normalized spacial score (nSPS) is 15.9. The summed E-state index contributed by atoms with van der Waals surface area (Å²) in [4.78, 5) is 26.3. The summed E-state index contributed by atoms with van der Waals surface area (Å²) in [6.45, 7) is 5.20. The van der Waals surface area contributed by atoms with E-state index in [1.54, 1.807) is 11.9 Å². The molecule has 0 aromatic heterocycles. The van der Waals surface area contributed by atoms with Crippen molar-refractivity contribution in [2.75, 3.05) is 25.5 Å². The monoisotopic (exact) mass is 365 g/mol. The van der Waals surface area contributed by atoms with Crippen molar-refractivity contribution in [2.24, 2.45) is 5.41 Å². The van der Waals surface area contributed by atoms with Gasteiger partial charge in [0.25, 0.3) is 0 Å². The highest BCUT2D eigenvalue weighted by Crippen LogP contribution is 2.31. The zero-order valence-electron chi connectivity index (χ0n) is 16.2. The highest BCUT2D eigenvalue weighted by molar-refractivity contribution is 5.90. The van der Waals surface area contributed by atoms with Crippen molar-refractivity contribution >= 4 is 17.6 Å². The Morgan fingerprint density at radius 2 is 1.67 bits per heavy atom. The molecule has 0 aliphatic carbocycles. The van der Waals surface area contributed by atoms with E-state index in [2.05, 4.69) is 35.8 Å². The van der Waals surface area contributed by atoms with Gasteiger partial charge in [-0.05, 0) is 43.0 Å². The molecule has 0 atom stereocenters. The first-order valence-electron chi connectivity index (χ1n) is 9.36. The largest absolute Gasteiger partial charge is 0.359 e. The van der Waals surface area contributed by atoms with E-state index in [1.165, 1.54) is 5.56 Å². The van der Waals surface area contributed by atoms with Crippen LogP contribution in [-0.2, 0) is 4.79 Å². The van der Waals surface area contributed by atoms with Crippen LogP contribution in [0.5, 0.6) is 0 Å². The Bertz CT molecular complexity index is 822. The van der Waals surface area contributed by atoms with Gasteiger partial charge in [0, 0.05) is 31.2 Å². The first-order chi connectivity index (χ1) is 12.9. The van der Waals surface area contributed by atoms with Crippen molar-refractivity contribution in [3.05, 3.63) is 54.1 Å². The van der Waals surface area contributed by atoms with Gasteiger partial charge in [-0.25, -0.2) is 4.79 Å². The predicted molar refractivity (Wildman–Crippen MR) is 109 cm³/mol. The number of nitrogens with zero attached hydrogens (tertiary/aromatic N) is 1. The molecular formula is C22H27N3O2. The van der Waals surface area contributed by atoms with Gasteiger partial charge in [0.05, 0.1) is 0 Å². The van der Waals surface area contributed by atoms with E-state index in [0.717, 1.165) is 16.8 Å². The van der Waals surface area contributed by atoms with Crippen LogP contribution in [0.1, 0.15) is 25.3 Å². The fourth-order valence-corrected chi connectivity index (χ4v) is 3.51. The molecule has 1 heterocycles. The van der Waals surface area contributed by atoms with Crippen molar-refractivity contribution in [3.63, 3.8) is 0 Å². The van der Waals surface area contributed by atoms with Gasteiger partial charge in [0.15, 0.2) is 0 Å². The highest BCUT2D eigenvalue weighted by Gasteiger charge is 2.37. The van der Waals surface area contributed by atoms with Crippen LogP contribution < -0.4 is 10.6 Å². The van der Waals surface area contributed by atoms with E-state index in [1.807, 2.05) is 37.3 Å². The van der Waals surface area contributed by atoms with E-state index in [0.29, 0.717) is 25.9 Å². The Kier molecular flexibility index (Phi) is 5.49. The molecule has 2 aromatic rings. The molecule has 3 amide bonds. The van der Waals surface area contributed by atoms with Gasteiger partial charge in [-0.3, -0.25) is 4.79 Å². The molecule has 1 aliphatic rings. The topological polar surface area (TPSA) is 61.4 Å². The van der Waals surface area contributed by atoms with Gasteiger partial charge in [0.1, 0.15) is 0 Å². The van der Waals surface area contributed by atoms with E-state index >= 15 is 0 Å². The van der Waals surface area contributed by atoms with Crippen molar-refractivity contribution < 1.29 is 9.59 Å². The van der Waals surface area contributed by atoms with Crippen molar-refractivity contribution in [3.8, 4) is 11.1 Å². The Morgan fingerprint density at radius 1 is 1.00 bits per heavy atom. The summed E-state index contributed by atoms with van der Waals surface area (Å²) in [5.74, 6) is 0.0503. The van der Waals surface area contributed by atoms with Gasteiger partial charge in [-0.1, -0.05) is 48.9 Å². The quantitative estimate of drug-likeness (QED) is 0.862. The summed E-state index contributed by atoms with van der Waals surface area (Å²) >= 11 is 0. The lowest BCUT2D eigenvalue weighted by atomic mass is 9.79. The number of carbonyl (C=O) groups is 2. The average molecular weight is 365 g/mol. The van der Waals surface area contributed by atoms with Gasteiger partial charge in [0.2, 0.25) is 5.91 Å². The second kappa shape index (κ2) is 7.82. The molecule has 2 aromatic carbocycles. The minimum atomic E-state index is -0.388. The molecule has 5 heteroatoms. The number of amides is 3. The number of hydrogen-bond acceptors (Lipinski definition) is 2. The number of rotatable bonds is 3. The Hall–Kier alpha value is -2.82. The van der Waals surface area contributed by atoms with Crippen LogP contribution in [0.4, 0.5) is 10.5 Å². The lowest BCUT2D eigenvalue weighted by Gasteiger charge is -2.37. The van der Waals surface area contributed by atoms with Gasteiger partial charge >= 0.3 is 6.03 Å². The summed E-state index contributed by atoms with van der Waals surface area (Å²) in [7, 11) is 1.66. The molecule has 27 heavy (non-hydrogen) atoms. The van der Waals surface area contributed by atoms with Crippen molar-refractivity contribution in [1.82, 2.24) is 10.2 Å². The molecule has 0 unspecified atom stereocenters. The zero-order chi connectivity index (χ0) is 19.4. The number of nitrogens with one attached hydrogen (secondary N) is 2. The first-order valence-corrected chi connectivity index (χ1v) is 9.36. The van der Waals surface area contributed by atoms with Gasteiger partial charge < -0.3 is 15.5 Å². The van der Waals surface area contributed by atoms with E-state index < -0.39 is 0 Å². The standard InChI is InChI=1S/C22H27N3O2/c1-16-5-4-6-18(15-16)17-7-9-19(10-8-17)24-21(27)25-13-11-22(2,12-14-25)20(26)23-3/h4-10,15H,11-14H2,1-3H3,(H,23,26)(H,24,27). The molecule has 0 radical (unpaired) electrons. The minimum absolute atomic E-state index is 0.0503. The molecule has 1 aliphatic heterocycles. The lowest BCUT2D eigenvalue weighted by molar-refractivity contribution is -0.131. The number of carbonyl (C=O) groups excluding carboxylic acids is 2. The predicted octanol–water partition coefficient (Wildman–Crippen LogP) is 4.04. The fraction of sp³-hybridized carbons (Fsp3) is 0.364. The maximum Gasteiger partial charge on any atom is 0.321 e. The maximum atomic E-state index is 12.5. The first kappa shape index (κ1) is 19.0. The van der Waals surface area contributed by atoms with Crippen LogP contribution in [0, 0.1) is 12.3 Å². The fourth-order valence-electron chi connectivity index (χ4n) is 3.51. The SMILES string of the molecule is CNC(=O)C1(C)CCN(C(=O)Nc2ccc(-c3cccc(C)c3)cc2)CC1. The number of hydrogen-bond donors (Lipinski definition) is 2. The summed E-state index contributed by atoms with van der Waals surface area (Å²) in [6, 6.07) is 16.1. The van der Waals surface area contributed by atoms with Crippen molar-refractivity contribution in [2.45, 2.75) is 26.7 Å². The summed E-state index contributed by atoms with van der Waals surface area (Å²) in [5.41, 5.74) is 3.89. The summed E-state index contributed by atoms with van der Waals surface area (Å²) in [5, 5.41) is 5.68.